The van der Waals surface area contributed by atoms with E-state index in [0.29, 0.717) is 17.9 Å². The lowest BCUT2D eigenvalue weighted by Crippen LogP contribution is -2.34. The number of nitrogens with one attached hydrogen (secondary N) is 1. The van der Waals surface area contributed by atoms with Crippen molar-refractivity contribution >= 4 is 17.5 Å². The van der Waals surface area contributed by atoms with Crippen molar-refractivity contribution in [1.82, 2.24) is 5.32 Å². The maximum absolute atomic E-state index is 13.0. The summed E-state index contributed by atoms with van der Waals surface area (Å²) in [6, 6.07) is 13.9. The molecule has 2 aromatic rings. The van der Waals surface area contributed by atoms with Crippen molar-refractivity contribution in [3.05, 3.63) is 70.5 Å². The summed E-state index contributed by atoms with van der Waals surface area (Å²) < 4.78 is 13.0. The van der Waals surface area contributed by atoms with Gasteiger partial charge in [0.05, 0.1) is 5.54 Å². The molecule has 4 heteroatoms. The highest BCUT2D eigenvalue weighted by atomic mass is 35.5. The first-order valence-electron chi connectivity index (χ1n) is 7.39. The molecule has 2 aromatic carbocycles. The molecule has 114 valence electrons. The lowest BCUT2D eigenvalue weighted by molar-refractivity contribution is -0.122. The maximum Gasteiger partial charge on any atom is 0.221 e. The van der Waals surface area contributed by atoms with Crippen LogP contribution in [0.15, 0.2) is 48.5 Å². The molecule has 0 unspecified atom stereocenters. The van der Waals surface area contributed by atoms with E-state index in [1.807, 2.05) is 24.3 Å². The minimum absolute atomic E-state index is 0.0248. The van der Waals surface area contributed by atoms with Crippen molar-refractivity contribution in [2.45, 2.75) is 31.2 Å². The van der Waals surface area contributed by atoms with Crippen LogP contribution in [-0.4, -0.2) is 5.91 Å². The molecule has 0 aliphatic heterocycles. The molecule has 22 heavy (non-hydrogen) atoms. The predicted molar refractivity (Wildman–Crippen MR) is 85.2 cm³/mol. The van der Waals surface area contributed by atoms with Gasteiger partial charge >= 0.3 is 0 Å². The molecule has 1 amide bonds. The lowest BCUT2D eigenvalue weighted by Gasteiger charge is -2.18. The molecule has 0 aromatic heterocycles. The fourth-order valence-electron chi connectivity index (χ4n) is 2.62. The first-order valence-corrected chi connectivity index (χ1v) is 7.77. The summed E-state index contributed by atoms with van der Waals surface area (Å²) in [5.74, 6) is -0.231. The van der Waals surface area contributed by atoms with Crippen LogP contribution in [0.3, 0.4) is 0 Å². The van der Waals surface area contributed by atoms with E-state index in [-0.39, 0.29) is 17.3 Å². The van der Waals surface area contributed by atoms with Crippen molar-refractivity contribution in [3.8, 4) is 0 Å². The number of rotatable bonds is 5. The van der Waals surface area contributed by atoms with Crippen molar-refractivity contribution in [2.24, 2.45) is 0 Å². The Bertz CT molecular complexity index is 662. The van der Waals surface area contributed by atoms with E-state index in [1.54, 1.807) is 12.1 Å². The molecule has 1 fully saturated rings. The van der Waals surface area contributed by atoms with Gasteiger partial charge in [0.1, 0.15) is 5.82 Å². The molecule has 0 atom stereocenters. The van der Waals surface area contributed by atoms with Gasteiger partial charge in [0, 0.05) is 11.4 Å². The molecule has 2 nitrogen and oxygen atoms in total. The minimum Gasteiger partial charge on any atom is -0.347 e. The summed E-state index contributed by atoms with van der Waals surface area (Å²) in [6.07, 6.45) is 2.93. The van der Waals surface area contributed by atoms with Gasteiger partial charge in [-0.3, -0.25) is 4.79 Å². The van der Waals surface area contributed by atoms with Crippen LogP contribution in [0.1, 0.15) is 30.4 Å². The van der Waals surface area contributed by atoms with Crippen LogP contribution in [-0.2, 0) is 16.8 Å². The minimum atomic E-state index is -0.287. The van der Waals surface area contributed by atoms with Crippen molar-refractivity contribution in [3.63, 3.8) is 0 Å². The monoisotopic (exact) mass is 317 g/mol. The Kier molecular flexibility index (Phi) is 4.16. The topological polar surface area (TPSA) is 29.1 Å². The average molecular weight is 318 g/mol. The summed E-state index contributed by atoms with van der Waals surface area (Å²) in [5.41, 5.74) is 1.78. The Morgan fingerprint density at radius 2 is 1.73 bits per heavy atom. The highest BCUT2D eigenvalue weighted by molar-refractivity contribution is 6.30. The number of benzene rings is 2. The number of hydrogen-bond acceptors (Lipinski definition) is 1. The van der Waals surface area contributed by atoms with Crippen LogP contribution in [0, 0.1) is 5.82 Å². The SMILES string of the molecule is O=C(CCc1ccc(Cl)cc1)NC1(c2ccc(F)cc2)CC1. The van der Waals surface area contributed by atoms with Crippen LogP contribution in [0.5, 0.6) is 0 Å². The zero-order valence-corrected chi connectivity index (χ0v) is 12.9. The van der Waals surface area contributed by atoms with Crippen LogP contribution in [0.4, 0.5) is 4.39 Å². The zero-order chi connectivity index (χ0) is 15.6. The third-order valence-corrected chi connectivity index (χ3v) is 4.33. The van der Waals surface area contributed by atoms with E-state index in [2.05, 4.69) is 5.32 Å². The molecule has 0 bridgehead atoms. The van der Waals surface area contributed by atoms with Gasteiger partial charge < -0.3 is 5.32 Å². The normalized spacial score (nSPS) is 15.4. The maximum atomic E-state index is 13.0. The molecule has 0 heterocycles. The van der Waals surface area contributed by atoms with Gasteiger partial charge in [0.2, 0.25) is 5.91 Å². The Labute approximate surface area is 134 Å². The number of aryl methyl sites for hydroxylation is 1. The van der Waals surface area contributed by atoms with Crippen molar-refractivity contribution in [1.29, 1.82) is 0 Å². The van der Waals surface area contributed by atoms with Gasteiger partial charge in [-0.15, -0.1) is 0 Å². The van der Waals surface area contributed by atoms with Crippen molar-refractivity contribution < 1.29 is 9.18 Å². The lowest BCUT2D eigenvalue weighted by atomic mass is 10.0. The van der Waals surface area contributed by atoms with E-state index in [1.165, 1.54) is 12.1 Å². The number of hydrogen-bond donors (Lipinski definition) is 1. The fraction of sp³-hybridized carbons (Fsp3) is 0.278. The number of amides is 1. The zero-order valence-electron chi connectivity index (χ0n) is 12.1. The van der Waals surface area contributed by atoms with Crippen molar-refractivity contribution in [2.75, 3.05) is 0 Å². The third kappa shape index (κ3) is 3.47. The first kappa shape index (κ1) is 15.0. The second-order valence-corrected chi connectivity index (χ2v) is 6.20. The Morgan fingerprint density at radius 3 is 2.32 bits per heavy atom. The number of halogens is 2. The van der Waals surface area contributed by atoms with Gasteiger partial charge in [0.15, 0.2) is 0 Å². The highest BCUT2D eigenvalue weighted by Gasteiger charge is 2.45. The van der Waals surface area contributed by atoms with Crippen LogP contribution < -0.4 is 5.32 Å². The average Bonchev–Trinajstić information content (AvgIpc) is 3.28. The molecule has 0 radical (unpaired) electrons. The van der Waals surface area contributed by atoms with Gasteiger partial charge in [-0.25, -0.2) is 4.39 Å². The molecule has 1 aliphatic carbocycles. The third-order valence-electron chi connectivity index (χ3n) is 4.08. The Hall–Kier alpha value is -1.87. The standard InChI is InChI=1S/C18H17ClFNO/c19-15-6-1-13(2-7-15)3-10-17(22)21-18(11-12-18)14-4-8-16(20)9-5-14/h1-2,4-9H,3,10-12H2,(H,21,22). The Morgan fingerprint density at radius 1 is 1.09 bits per heavy atom. The highest BCUT2D eigenvalue weighted by Crippen LogP contribution is 2.45. The molecule has 1 aliphatic rings. The summed E-state index contributed by atoms with van der Waals surface area (Å²) in [5, 5.41) is 3.79. The second kappa shape index (κ2) is 6.09. The summed E-state index contributed by atoms with van der Waals surface area (Å²) in [6.45, 7) is 0. The predicted octanol–water partition coefficient (Wildman–Crippen LogP) is 4.22. The molecule has 0 saturated heterocycles. The van der Waals surface area contributed by atoms with Crippen LogP contribution in [0.25, 0.3) is 0 Å². The summed E-state index contributed by atoms with van der Waals surface area (Å²) in [7, 11) is 0. The quantitative estimate of drug-likeness (QED) is 0.879. The largest absolute Gasteiger partial charge is 0.347 e. The first-order chi connectivity index (χ1) is 10.6. The van der Waals surface area contributed by atoms with E-state index >= 15 is 0 Å². The molecular weight excluding hydrogens is 301 g/mol. The molecule has 1 N–H and O–H groups in total. The van der Waals surface area contributed by atoms with E-state index in [9.17, 15) is 9.18 Å². The molecule has 0 spiro atoms. The molecule has 1 saturated carbocycles. The molecular formula is C18H17ClFNO. The van der Waals surface area contributed by atoms with Crippen LogP contribution >= 0.6 is 11.6 Å². The smallest absolute Gasteiger partial charge is 0.221 e. The second-order valence-electron chi connectivity index (χ2n) is 5.76. The van der Waals surface area contributed by atoms with E-state index in [4.69, 9.17) is 11.6 Å². The van der Waals surface area contributed by atoms with Crippen LogP contribution in [0.2, 0.25) is 5.02 Å². The Balaban J connectivity index is 1.57. The van der Waals surface area contributed by atoms with Gasteiger partial charge in [-0.1, -0.05) is 35.9 Å². The summed E-state index contributed by atoms with van der Waals surface area (Å²) >= 11 is 5.84. The molecule has 3 rings (SSSR count). The fourth-order valence-corrected chi connectivity index (χ4v) is 2.74. The number of carbonyl (C=O) groups excluding carboxylic acids is 1. The van der Waals surface area contributed by atoms with E-state index in [0.717, 1.165) is 24.0 Å². The van der Waals surface area contributed by atoms with E-state index < -0.39 is 0 Å². The van der Waals surface area contributed by atoms with Gasteiger partial charge in [-0.2, -0.15) is 0 Å². The summed E-state index contributed by atoms with van der Waals surface area (Å²) in [4.78, 5) is 12.2. The van der Waals surface area contributed by atoms with Gasteiger partial charge in [0.25, 0.3) is 0 Å². The van der Waals surface area contributed by atoms with Gasteiger partial charge in [-0.05, 0) is 54.7 Å². The number of carbonyl (C=O) groups is 1.